The van der Waals surface area contributed by atoms with Crippen molar-refractivity contribution in [2.24, 2.45) is 0 Å². The quantitative estimate of drug-likeness (QED) is 0.736. The minimum Gasteiger partial charge on any atom is -0.495 e. The number of rotatable bonds is 8. The molecule has 0 atom stereocenters. The van der Waals surface area contributed by atoms with Crippen LogP contribution in [0.4, 0.5) is 5.69 Å². The monoisotopic (exact) mass is 394 g/mol. The van der Waals surface area contributed by atoms with Crippen LogP contribution < -0.4 is 19.5 Å². The number of benzene rings is 2. The number of sulfonamides is 1. The first-order valence-electron chi connectivity index (χ1n) is 7.96. The van der Waals surface area contributed by atoms with Crippen molar-refractivity contribution in [2.75, 3.05) is 40.2 Å². The number of carbonyl (C=O) groups excluding carboxylic acids is 1. The summed E-state index contributed by atoms with van der Waals surface area (Å²) in [7, 11) is 2.14. The highest BCUT2D eigenvalue weighted by molar-refractivity contribution is 7.89. The standard InChI is InChI=1S/C18H22N2O6S/c1-20(2)27(22,23)13-9-10-15(24-3)14(11-13)19-18(21)12-26-17-8-6-5-7-16(17)25-4/h5-11H,12H2,1-4H3,(H,19,21). The third kappa shape index (κ3) is 4.89. The summed E-state index contributed by atoms with van der Waals surface area (Å²) in [5.41, 5.74) is 0.231. The van der Waals surface area contributed by atoms with Gasteiger partial charge in [-0.15, -0.1) is 0 Å². The van der Waals surface area contributed by atoms with Crippen LogP contribution in [0, 0.1) is 0 Å². The van der Waals surface area contributed by atoms with Gasteiger partial charge in [0.25, 0.3) is 5.91 Å². The fourth-order valence-electron chi connectivity index (χ4n) is 2.22. The van der Waals surface area contributed by atoms with E-state index in [2.05, 4.69) is 5.32 Å². The first-order valence-corrected chi connectivity index (χ1v) is 9.40. The molecule has 1 amide bonds. The van der Waals surface area contributed by atoms with Crippen LogP contribution in [0.2, 0.25) is 0 Å². The Balaban J connectivity index is 2.16. The molecule has 0 unspecified atom stereocenters. The van der Waals surface area contributed by atoms with Crippen LogP contribution in [0.25, 0.3) is 0 Å². The van der Waals surface area contributed by atoms with E-state index in [0.717, 1.165) is 4.31 Å². The number of nitrogens with one attached hydrogen (secondary N) is 1. The minimum atomic E-state index is -3.65. The second kappa shape index (κ2) is 8.74. The number of carbonyl (C=O) groups is 1. The number of anilines is 1. The highest BCUT2D eigenvalue weighted by atomic mass is 32.2. The largest absolute Gasteiger partial charge is 0.495 e. The lowest BCUT2D eigenvalue weighted by Gasteiger charge is -2.15. The van der Waals surface area contributed by atoms with Crippen LogP contribution in [0.1, 0.15) is 0 Å². The van der Waals surface area contributed by atoms with Gasteiger partial charge >= 0.3 is 0 Å². The van der Waals surface area contributed by atoms with Crippen LogP contribution in [-0.2, 0) is 14.8 Å². The third-order valence-corrected chi connectivity index (χ3v) is 5.46. The van der Waals surface area contributed by atoms with E-state index in [0.29, 0.717) is 17.2 Å². The second-order valence-electron chi connectivity index (χ2n) is 5.64. The minimum absolute atomic E-state index is 0.0363. The lowest BCUT2D eigenvalue weighted by atomic mass is 10.3. The molecule has 27 heavy (non-hydrogen) atoms. The highest BCUT2D eigenvalue weighted by Gasteiger charge is 2.20. The fraction of sp³-hybridized carbons (Fsp3) is 0.278. The van der Waals surface area contributed by atoms with Crippen molar-refractivity contribution in [1.29, 1.82) is 0 Å². The van der Waals surface area contributed by atoms with Gasteiger partial charge in [-0.25, -0.2) is 12.7 Å². The summed E-state index contributed by atoms with van der Waals surface area (Å²) in [5.74, 6) is 0.782. The normalized spacial score (nSPS) is 11.1. The Hall–Kier alpha value is -2.78. The number of para-hydroxylation sites is 2. The van der Waals surface area contributed by atoms with E-state index in [1.54, 1.807) is 24.3 Å². The molecule has 1 N–H and O–H groups in total. The van der Waals surface area contributed by atoms with Crippen molar-refractivity contribution in [3.8, 4) is 17.2 Å². The Morgan fingerprint density at radius 3 is 2.22 bits per heavy atom. The molecule has 0 aliphatic heterocycles. The Morgan fingerprint density at radius 1 is 1.00 bits per heavy atom. The second-order valence-corrected chi connectivity index (χ2v) is 7.79. The molecule has 8 nitrogen and oxygen atoms in total. The summed E-state index contributed by atoms with van der Waals surface area (Å²) in [4.78, 5) is 12.3. The van der Waals surface area contributed by atoms with Gasteiger partial charge in [0.15, 0.2) is 18.1 Å². The average Bonchev–Trinajstić information content (AvgIpc) is 2.66. The molecular weight excluding hydrogens is 372 g/mol. The van der Waals surface area contributed by atoms with Gasteiger partial charge in [-0.1, -0.05) is 12.1 Å². The summed E-state index contributed by atoms with van der Waals surface area (Å²) in [6.07, 6.45) is 0. The molecule has 0 aromatic heterocycles. The number of ether oxygens (including phenoxy) is 3. The molecule has 0 bridgehead atoms. The molecule has 0 heterocycles. The summed E-state index contributed by atoms with van der Waals surface area (Å²) >= 11 is 0. The topological polar surface area (TPSA) is 94.2 Å². The van der Waals surface area contributed by atoms with Crippen molar-refractivity contribution in [2.45, 2.75) is 4.90 Å². The smallest absolute Gasteiger partial charge is 0.262 e. The molecule has 146 valence electrons. The Morgan fingerprint density at radius 2 is 1.63 bits per heavy atom. The Labute approximate surface area is 158 Å². The van der Waals surface area contributed by atoms with E-state index in [9.17, 15) is 13.2 Å². The third-order valence-electron chi connectivity index (χ3n) is 3.65. The zero-order valence-electron chi connectivity index (χ0n) is 15.6. The van der Waals surface area contributed by atoms with E-state index in [1.807, 2.05) is 0 Å². The zero-order valence-corrected chi connectivity index (χ0v) is 16.4. The molecule has 0 radical (unpaired) electrons. The van der Waals surface area contributed by atoms with Gasteiger partial charge in [-0.05, 0) is 30.3 Å². The van der Waals surface area contributed by atoms with Gasteiger partial charge in [0.2, 0.25) is 10.0 Å². The average molecular weight is 394 g/mol. The van der Waals surface area contributed by atoms with Gasteiger partial charge in [0, 0.05) is 14.1 Å². The SMILES string of the molecule is COc1ccc(S(=O)(=O)N(C)C)cc1NC(=O)COc1ccccc1OC. The van der Waals surface area contributed by atoms with Crippen LogP contribution in [0.5, 0.6) is 17.2 Å². The van der Waals surface area contributed by atoms with Gasteiger partial charge in [-0.2, -0.15) is 0 Å². The van der Waals surface area contributed by atoms with E-state index in [4.69, 9.17) is 14.2 Å². The molecule has 0 saturated carbocycles. The van der Waals surface area contributed by atoms with Crippen LogP contribution in [-0.4, -0.2) is 53.6 Å². The molecular formula is C18H22N2O6S. The Bertz CT molecular complexity index is 912. The van der Waals surface area contributed by atoms with Gasteiger partial charge in [0.05, 0.1) is 24.8 Å². The predicted octanol–water partition coefficient (Wildman–Crippen LogP) is 1.97. The van der Waals surface area contributed by atoms with Gasteiger partial charge in [-0.3, -0.25) is 4.79 Å². The lowest BCUT2D eigenvalue weighted by Crippen LogP contribution is -2.23. The molecule has 0 aliphatic rings. The summed E-state index contributed by atoms with van der Waals surface area (Å²) in [6, 6.07) is 11.2. The van der Waals surface area contributed by atoms with Crippen LogP contribution in [0.15, 0.2) is 47.4 Å². The van der Waals surface area contributed by atoms with Crippen molar-refractivity contribution in [3.05, 3.63) is 42.5 Å². The number of amides is 1. The van der Waals surface area contributed by atoms with Crippen LogP contribution in [0.3, 0.4) is 0 Å². The molecule has 0 spiro atoms. The first kappa shape index (κ1) is 20.5. The molecule has 2 rings (SSSR count). The van der Waals surface area contributed by atoms with E-state index in [-0.39, 0.29) is 17.2 Å². The van der Waals surface area contributed by atoms with Crippen molar-refractivity contribution >= 4 is 21.6 Å². The molecule has 9 heteroatoms. The summed E-state index contributed by atoms with van der Waals surface area (Å²) in [5, 5.41) is 2.61. The molecule has 0 saturated heterocycles. The predicted molar refractivity (Wildman–Crippen MR) is 101 cm³/mol. The Kier molecular flexibility index (Phi) is 6.65. The van der Waals surface area contributed by atoms with Crippen LogP contribution >= 0.6 is 0 Å². The van der Waals surface area contributed by atoms with E-state index in [1.165, 1.54) is 46.5 Å². The summed E-state index contributed by atoms with van der Waals surface area (Å²) in [6.45, 7) is -0.284. The maximum absolute atomic E-state index is 12.3. The number of methoxy groups -OCH3 is 2. The maximum atomic E-state index is 12.3. The summed E-state index contributed by atoms with van der Waals surface area (Å²) < 4.78 is 41.5. The van der Waals surface area contributed by atoms with Crippen molar-refractivity contribution in [1.82, 2.24) is 4.31 Å². The maximum Gasteiger partial charge on any atom is 0.262 e. The zero-order chi connectivity index (χ0) is 20.0. The number of nitrogens with zero attached hydrogens (tertiary/aromatic N) is 1. The lowest BCUT2D eigenvalue weighted by molar-refractivity contribution is -0.118. The highest BCUT2D eigenvalue weighted by Crippen LogP contribution is 2.29. The molecule has 0 aliphatic carbocycles. The number of hydrogen-bond donors (Lipinski definition) is 1. The first-order chi connectivity index (χ1) is 12.8. The number of hydrogen-bond acceptors (Lipinski definition) is 6. The van der Waals surface area contributed by atoms with Crippen molar-refractivity contribution in [3.63, 3.8) is 0 Å². The van der Waals surface area contributed by atoms with E-state index < -0.39 is 15.9 Å². The van der Waals surface area contributed by atoms with Gasteiger partial charge in [0.1, 0.15) is 5.75 Å². The fourth-order valence-corrected chi connectivity index (χ4v) is 3.15. The van der Waals surface area contributed by atoms with Crippen molar-refractivity contribution < 1.29 is 27.4 Å². The molecule has 2 aromatic carbocycles. The van der Waals surface area contributed by atoms with E-state index >= 15 is 0 Å². The molecule has 2 aromatic rings. The molecule has 0 fully saturated rings. The van der Waals surface area contributed by atoms with Gasteiger partial charge < -0.3 is 19.5 Å².